The molecule has 1 heterocycles. The Morgan fingerprint density at radius 2 is 1.76 bits per heavy atom. The summed E-state index contributed by atoms with van der Waals surface area (Å²) in [6.45, 7) is 4.79. The van der Waals surface area contributed by atoms with Crippen molar-refractivity contribution in [3.8, 4) is 22.8 Å². The summed E-state index contributed by atoms with van der Waals surface area (Å²) in [5, 5.41) is 6.81. The average Bonchev–Trinajstić information content (AvgIpc) is 3.32. The van der Waals surface area contributed by atoms with Crippen molar-refractivity contribution in [3.05, 3.63) is 60.3 Å². The summed E-state index contributed by atoms with van der Waals surface area (Å²) in [5.74, 6) is 1.63. The molecule has 8 nitrogen and oxygen atoms in total. The van der Waals surface area contributed by atoms with Gasteiger partial charge in [-0.15, -0.1) is 0 Å². The van der Waals surface area contributed by atoms with Crippen LogP contribution in [0.3, 0.4) is 0 Å². The first-order chi connectivity index (χ1) is 15.9. The molecule has 0 bridgehead atoms. The van der Waals surface area contributed by atoms with Crippen LogP contribution in [0.2, 0.25) is 0 Å². The van der Waals surface area contributed by atoms with Crippen LogP contribution in [-0.2, 0) is 4.79 Å². The van der Waals surface area contributed by atoms with E-state index in [0.717, 1.165) is 5.56 Å². The summed E-state index contributed by atoms with van der Waals surface area (Å²) >= 11 is 0. The van der Waals surface area contributed by atoms with Crippen molar-refractivity contribution >= 4 is 17.5 Å². The van der Waals surface area contributed by atoms with Crippen molar-refractivity contribution in [1.82, 2.24) is 10.1 Å². The lowest BCUT2D eigenvalue weighted by Gasteiger charge is -2.23. The van der Waals surface area contributed by atoms with Crippen LogP contribution in [0.4, 0.5) is 5.69 Å². The van der Waals surface area contributed by atoms with Gasteiger partial charge < -0.3 is 24.2 Å². The quantitative estimate of drug-likeness (QED) is 0.488. The SMILES string of the molecule is COc1ccc(NC(=O)CCN(CC(C)C)C(=O)c2cc(-c3cccc(OC)c3)on2)cc1. The van der Waals surface area contributed by atoms with Gasteiger partial charge in [0.05, 0.1) is 14.2 Å². The predicted octanol–water partition coefficient (Wildman–Crippen LogP) is 4.49. The van der Waals surface area contributed by atoms with Gasteiger partial charge in [0.2, 0.25) is 5.91 Å². The second kappa shape index (κ2) is 11.2. The van der Waals surface area contributed by atoms with E-state index in [1.807, 2.05) is 38.1 Å². The largest absolute Gasteiger partial charge is 0.497 e. The van der Waals surface area contributed by atoms with Gasteiger partial charge in [0.1, 0.15) is 11.5 Å². The summed E-state index contributed by atoms with van der Waals surface area (Å²) in [4.78, 5) is 27.2. The molecule has 0 aliphatic carbocycles. The topological polar surface area (TPSA) is 93.9 Å². The van der Waals surface area contributed by atoms with Crippen LogP contribution in [0, 0.1) is 5.92 Å². The Kier molecular flexibility index (Phi) is 8.07. The number of aromatic nitrogens is 1. The fraction of sp³-hybridized carbons (Fsp3) is 0.320. The highest BCUT2D eigenvalue weighted by Gasteiger charge is 2.22. The third-order valence-corrected chi connectivity index (χ3v) is 4.94. The lowest BCUT2D eigenvalue weighted by Crippen LogP contribution is -2.36. The van der Waals surface area contributed by atoms with Gasteiger partial charge in [0, 0.05) is 36.8 Å². The predicted molar refractivity (Wildman–Crippen MR) is 125 cm³/mol. The van der Waals surface area contributed by atoms with Crippen LogP contribution in [0.5, 0.6) is 11.5 Å². The lowest BCUT2D eigenvalue weighted by atomic mass is 10.1. The molecule has 3 aromatic rings. The molecule has 1 aromatic heterocycles. The molecular formula is C25H29N3O5. The molecular weight excluding hydrogens is 422 g/mol. The van der Waals surface area contributed by atoms with Crippen molar-refractivity contribution in [2.75, 3.05) is 32.6 Å². The molecule has 0 saturated carbocycles. The second-order valence-electron chi connectivity index (χ2n) is 7.98. The zero-order valence-electron chi connectivity index (χ0n) is 19.3. The van der Waals surface area contributed by atoms with Crippen LogP contribution in [-0.4, -0.2) is 49.2 Å². The Hall–Kier alpha value is -3.81. The molecule has 0 saturated heterocycles. The van der Waals surface area contributed by atoms with Crippen LogP contribution < -0.4 is 14.8 Å². The molecule has 3 rings (SSSR count). The van der Waals surface area contributed by atoms with Gasteiger partial charge >= 0.3 is 0 Å². The number of ether oxygens (including phenoxy) is 2. The first-order valence-corrected chi connectivity index (χ1v) is 10.7. The van der Waals surface area contributed by atoms with Gasteiger partial charge in [0.15, 0.2) is 11.5 Å². The minimum Gasteiger partial charge on any atom is -0.497 e. The van der Waals surface area contributed by atoms with E-state index in [0.29, 0.717) is 29.5 Å². The number of amides is 2. The molecule has 2 amide bonds. The number of benzene rings is 2. The van der Waals surface area contributed by atoms with E-state index in [4.69, 9.17) is 14.0 Å². The van der Waals surface area contributed by atoms with Gasteiger partial charge in [0.25, 0.3) is 5.91 Å². The van der Waals surface area contributed by atoms with E-state index in [9.17, 15) is 9.59 Å². The molecule has 0 atom stereocenters. The molecule has 0 fully saturated rings. The number of hydrogen-bond acceptors (Lipinski definition) is 6. The smallest absolute Gasteiger partial charge is 0.276 e. The third kappa shape index (κ3) is 6.58. The number of anilines is 1. The van der Waals surface area contributed by atoms with E-state index in [-0.39, 0.29) is 36.4 Å². The lowest BCUT2D eigenvalue weighted by molar-refractivity contribution is -0.116. The van der Waals surface area contributed by atoms with Crippen molar-refractivity contribution in [2.45, 2.75) is 20.3 Å². The van der Waals surface area contributed by atoms with Gasteiger partial charge in [-0.25, -0.2) is 0 Å². The number of nitrogens with one attached hydrogen (secondary N) is 1. The van der Waals surface area contributed by atoms with E-state index in [1.165, 1.54) is 0 Å². The van der Waals surface area contributed by atoms with Crippen molar-refractivity contribution < 1.29 is 23.6 Å². The standard InChI is InChI=1S/C25H29N3O5/c1-17(2)16-28(13-12-24(29)26-19-8-10-20(31-3)11-9-19)25(30)22-15-23(33-27-22)18-6-5-7-21(14-18)32-4/h5-11,14-15,17H,12-13,16H2,1-4H3,(H,26,29). The van der Waals surface area contributed by atoms with Crippen molar-refractivity contribution in [3.63, 3.8) is 0 Å². The minimum atomic E-state index is -0.279. The number of hydrogen-bond donors (Lipinski definition) is 1. The summed E-state index contributed by atoms with van der Waals surface area (Å²) in [6.07, 6.45) is 0.158. The number of carbonyl (C=O) groups is 2. The Labute approximate surface area is 193 Å². The highest BCUT2D eigenvalue weighted by molar-refractivity contribution is 5.94. The Balaban J connectivity index is 1.65. The second-order valence-corrected chi connectivity index (χ2v) is 7.98. The highest BCUT2D eigenvalue weighted by Crippen LogP contribution is 2.25. The number of nitrogens with zero attached hydrogens (tertiary/aromatic N) is 2. The van der Waals surface area contributed by atoms with E-state index < -0.39 is 0 Å². The van der Waals surface area contributed by atoms with Crippen LogP contribution in [0.1, 0.15) is 30.8 Å². The fourth-order valence-electron chi connectivity index (χ4n) is 3.30. The maximum atomic E-state index is 13.1. The average molecular weight is 452 g/mol. The normalized spacial score (nSPS) is 10.7. The van der Waals surface area contributed by atoms with Crippen LogP contribution >= 0.6 is 0 Å². The molecule has 0 spiro atoms. The zero-order chi connectivity index (χ0) is 23.8. The van der Waals surface area contributed by atoms with E-state index in [2.05, 4.69) is 10.5 Å². The molecule has 2 aromatic carbocycles. The van der Waals surface area contributed by atoms with Crippen LogP contribution in [0.15, 0.2) is 59.1 Å². The van der Waals surface area contributed by atoms with Gasteiger partial charge in [-0.05, 0) is 42.3 Å². The number of carbonyl (C=O) groups excluding carboxylic acids is 2. The third-order valence-electron chi connectivity index (χ3n) is 4.94. The Morgan fingerprint density at radius 1 is 1.03 bits per heavy atom. The number of methoxy groups -OCH3 is 2. The van der Waals surface area contributed by atoms with Gasteiger partial charge in [-0.2, -0.15) is 0 Å². The molecule has 0 radical (unpaired) electrons. The molecule has 0 aliphatic heterocycles. The van der Waals surface area contributed by atoms with E-state index >= 15 is 0 Å². The first-order valence-electron chi connectivity index (χ1n) is 10.7. The molecule has 174 valence electrons. The van der Waals surface area contributed by atoms with Crippen molar-refractivity contribution in [1.29, 1.82) is 0 Å². The summed E-state index contributed by atoms with van der Waals surface area (Å²) < 4.78 is 15.8. The Morgan fingerprint density at radius 3 is 2.42 bits per heavy atom. The first kappa shape index (κ1) is 23.8. The fourth-order valence-corrected chi connectivity index (χ4v) is 3.30. The summed E-state index contributed by atoms with van der Waals surface area (Å²) in [6, 6.07) is 16.0. The van der Waals surface area contributed by atoms with Gasteiger partial charge in [-0.1, -0.05) is 31.1 Å². The number of rotatable bonds is 10. The highest BCUT2D eigenvalue weighted by atomic mass is 16.5. The van der Waals surface area contributed by atoms with Crippen molar-refractivity contribution in [2.24, 2.45) is 5.92 Å². The van der Waals surface area contributed by atoms with Crippen LogP contribution in [0.25, 0.3) is 11.3 Å². The zero-order valence-corrected chi connectivity index (χ0v) is 19.3. The minimum absolute atomic E-state index is 0.158. The van der Waals surface area contributed by atoms with Gasteiger partial charge in [-0.3, -0.25) is 9.59 Å². The maximum absolute atomic E-state index is 13.1. The summed E-state index contributed by atoms with van der Waals surface area (Å²) in [7, 11) is 3.17. The Bertz CT molecular complexity index is 1080. The molecule has 8 heteroatoms. The summed E-state index contributed by atoms with van der Waals surface area (Å²) in [5.41, 5.74) is 1.63. The monoisotopic (exact) mass is 451 g/mol. The molecule has 0 unspecified atom stereocenters. The molecule has 0 aliphatic rings. The maximum Gasteiger partial charge on any atom is 0.276 e. The molecule has 1 N–H and O–H groups in total. The van der Waals surface area contributed by atoms with E-state index in [1.54, 1.807) is 49.5 Å². The molecule has 33 heavy (non-hydrogen) atoms.